The molecule has 112 valence electrons. The average Bonchev–Trinajstić information content (AvgIpc) is 2.46. The molecule has 0 saturated carbocycles. The van der Waals surface area contributed by atoms with E-state index in [1.54, 1.807) is 6.33 Å². The number of aromatic nitrogens is 2. The third-order valence-corrected chi connectivity index (χ3v) is 3.85. The fourth-order valence-electron chi connectivity index (χ4n) is 2.45. The van der Waals surface area contributed by atoms with E-state index in [1.807, 2.05) is 7.05 Å². The van der Waals surface area contributed by atoms with Crippen LogP contribution in [-0.2, 0) is 0 Å². The van der Waals surface area contributed by atoms with Crippen LogP contribution in [0.5, 0.6) is 0 Å². The van der Waals surface area contributed by atoms with Crippen molar-refractivity contribution < 1.29 is 0 Å². The number of piperazine rings is 1. The molecule has 2 rings (SSSR count). The van der Waals surface area contributed by atoms with Gasteiger partial charge >= 0.3 is 0 Å². The standard InChI is InChI=1S/C14H26N6/c1-4-5-6-19(3)13-12(15)14(17-11-16-13)20-9-7-18(2)8-10-20/h11H,4-10,15H2,1-3H3. The molecule has 0 atom stereocenters. The highest BCUT2D eigenvalue weighted by molar-refractivity contribution is 5.75. The molecule has 1 aliphatic rings. The number of unbranched alkanes of at least 4 members (excludes halogenated alkanes) is 1. The van der Waals surface area contributed by atoms with Crippen molar-refractivity contribution in [3.05, 3.63) is 6.33 Å². The van der Waals surface area contributed by atoms with Crippen LogP contribution in [0.3, 0.4) is 0 Å². The smallest absolute Gasteiger partial charge is 0.157 e. The topological polar surface area (TPSA) is 61.5 Å². The molecule has 1 aromatic heterocycles. The molecule has 2 N–H and O–H groups in total. The van der Waals surface area contributed by atoms with Crippen LogP contribution in [0.15, 0.2) is 6.33 Å². The monoisotopic (exact) mass is 278 g/mol. The Morgan fingerprint density at radius 3 is 2.60 bits per heavy atom. The van der Waals surface area contributed by atoms with Gasteiger partial charge in [-0.2, -0.15) is 0 Å². The first-order chi connectivity index (χ1) is 9.63. The van der Waals surface area contributed by atoms with Crippen LogP contribution in [0.2, 0.25) is 0 Å². The summed E-state index contributed by atoms with van der Waals surface area (Å²) in [4.78, 5) is 15.5. The van der Waals surface area contributed by atoms with E-state index in [0.29, 0.717) is 5.69 Å². The Bertz CT molecular complexity index is 428. The molecule has 1 saturated heterocycles. The minimum Gasteiger partial charge on any atom is -0.393 e. The first kappa shape index (κ1) is 14.8. The molecule has 0 spiro atoms. The molecule has 6 nitrogen and oxygen atoms in total. The maximum Gasteiger partial charge on any atom is 0.157 e. The molecule has 0 amide bonds. The Kier molecular flexibility index (Phi) is 5.00. The van der Waals surface area contributed by atoms with Crippen LogP contribution in [0.25, 0.3) is 0 Å². The van der Waals surface area contributed by atoms with Gasteiger partial charge in [0, 0.05) is 39.8 Å². The Balaban J connectivity index is 2.14. The summed E-state index contributed by atoms with van der Waals surface area (Å²) in [6.45, 7) is 7.19. The zero-order valence-corrected chi connectivity index (χ0v) is 12.8. The third kappa shape index (κ3) is 3.30. The van der Waals surface area contributed by atoms with Crippen LogP contribution < -0.4 is 15.5 Å². The van der Waals surface area contributed by atoms with Crippen molar-refractivity contribution in [3.8, 4) is 0 Å². The normalized spacial score (nSPS) is 16.4. The highest BCUT2D eigenvalue weighted by atomic mass is 15.3. The fraction of sp³-hybridized carbons (Fsp3) is 0.714. The van der Waals surface area contributed by atoms with Crippen LogP contribution in [-0.4, -0.2) is 61.7 Å². The van der Waals surface area contributed by atoms with E-state index in [-0.39, 0.29) is 0 Å². The molecular formula is C14H26N6. The Morgan fingerprint density at radius 2 is 1.95 bits per heavy atom. The van der Waals surface area contributed by atoms with E-state index in [2.05, 4.69) is 38.6 Å². The lowest BCUT2D eigenvalue weighted by Crippen LogP contribution is -2.45. The molecule has 0 bridgehead atoms. The van der Waals surface area contributed by atoms with Gasteiger partial charge in [-0.1, -0.05) is 13.3 Å². The maximum absolute atomic E-state index is 6.30. The van der Waals surface area contributed by atoms with Gasteiger partial charge in [0.2, 0.25) is 0 Å². The van der Waals surface area contributed by atoms with Crippen molar-refractivity contribution in [2.45, 2.75) is 19.8 Å². The van der Waals surface area contributed by atoms with Gasteiger partial charge in [0.25, 0.3) is 0 Å². The largest absolute Gasteiger partial charge is 0.393 e. The van der Waals surface area contributed by atoms with Gasteiger partial charge in [0.05, 0.1) is 0 Å². The summed E-state index contributed by atoms with van der Waals surface area (Å²) in [5.41, 5.74) is 7.00. The number of hydrogen-bond donors (Lipinski definition) is 1. The Morgan fingerprint density at radius 1 is 1.25 bits per heavy atom. The molecule has 0 unspecified atom stereocenters. The van der Waals surface area contributed by atoms with E-state index in [9.17, 15) is 0 Å². The number of nitrogen functional groups attached to an aromatic ring is 1. The molecule has 2 heterocycles. The minimum atomic E-state index is 0.704. The molecule has 0 radical (unpaired) electrons. The van der Waals surface area contributed by atoms with E-state index >= 15 is 0 Å². The Hall–Kier alpha value is -1.56. The van der Waals surface area contributed by atoms with E-state index < -0.39 is 0 Å². The first-order valence-corrected chi connectivity index (χ1v) is 7.38. The molecule has 1 aromatic rings. The van der Waals surface area contributed by atoms with Gasteiger partial charge < -0.3 is 20.4 Å². The third-order valence-electron chi connectivity index (χ3n) is 3.85. The van der Waals surface area contributed by atoms with Gasteiger partial charge in [-0.15, -0.1) is 0 Å². The van der Waals surface area contributed by atoms with Crippen molar-refractivity contribution in [3.63, 3.8) is 0 Å². The second-order valence-electron chi connectivity index (χ2n) is 5.50. The lowest BCUT2D eigenvalue weighted by Gasteiger charge is -2.34. The molecule has 1 fully saturated rings. The van der Waals surface area contributed by atoms with Crippen LogP contribution in [0.1, 0.15) is 19.8 Å². The van der Waals surface area contributed by atoms with Crippen molar-refractivity contribution >= 4 is 17.3 Å². The van der Waals surface area contributed by atoms with Crippen LogP contribution >= 0.6 is 0 Å². The number of nitrogens with two attached hydrogens (primary N) is 1. The second kappa shape index (κ2) is 6.74. The Labute approximate surface area is 121 Å². The van der Waals surface area contributed by atoms with Gasteiger partial charge in [0.1, 0.15) is 12.0 Å². The quantitative estimate of drug-likeness (QED) is 0.868. The summed E-state index contributed by atoms with van der Waals surface area (Å²) < 4.78 is 0. The fourth-order valence-corrected chi connectivity index (χ4v) is 2.45. The van der Waals surface area contributed by atoms with Crippen molar-refractivity contribution in [2.24, 2.45) is 0 Å². The summed E-state index contributed by atoms with van der Waals surface area (Å²) in [5, 5.41) is 0. The molecule has 6 heteroatoms. The number of hydrogen-bond acceptors (Lipinski definition) is 6. The van der Waals surface area contributed by atoms with Crippen molar-refractivity contribution in [1.82, 2.24) is 14.9 Å². The van der Waals surface area contributed by atoms with E-state index in [0.717, 1.165) is 50.8 Å². The van der Waals surface area contributed by atoms with Gasteiger partial charge in [-0.25, -0.2) is 9.97 Å². The lowest BCUT2D eigenvalue weighted by molar-refractivity contribution is 0.312. The highest BCUT2D eigenvalue weighted by Crippen LogP contribution is 2.28. The van der Waals surface area contributed by atoms with E-state index in [1.165, 1.54) is 6.42 Å². The number of anilines is 3. The lowest BCUT2D eigenvalue weighted by atomic mass is 10.3. The van der Waals surface area contributed by atoms with Gasteiger partial charge in [-0.3, -0.25) is 0 Å². The van der Waals surface area contributed by atoms with Crippen LogP contribution in [0.4, 0.5) is 17.3 Å². The molecule has 0 aromatic carbocycles. The minimum absolute atomic E-state index is 0.704. The zero-order chi connectivity index (χ0) is 14.5. The molecule has 1 aliphatic heterocycles. The summed E-state index contributed by atoms with van der Waals surface area (Å²) in [6, 6.07) is 0. The highest BCUT2D eigenvalue weighted by Gasteiger charge is 2.20. The molecule has 0 aliphatic carbocycles. The maximum atomic E-state index is 6.30. The number of nitrogens with zero attached hydrogens (tertiary/aromatic N) is 5. The first-order valence-electron chi connectivity index (χ1n) is 7.38. The molecule has 20 heavy (non-hydrogen) atoms. The predicted octanol–water partition coefficient (Wildman–Crippen LogP) is 1.05. The second-order valence-corrected chi connectivity index (χ2v) is 5.50. The average molecular weight is 278 g/mol. The summed E-state index contributed by atoms with van der Waals surface area (Å²) in [5.74, 6) is 1.73. The van der Waals surface area contributed by atoms with Crippen molar-refractivity contribution in [2.75, 3.05) is 62.4 Å². The SMILES string of the molecule is CCCCN(C)c1ncnc(N2CCN(C)CC2)c1N. The van der Waals surface area contributed by atoms with E-state index in [4.69, 9.17) is 5.73 Å². The summed E-state index contributed by atoms with van der Waals surface area (Å²) in [7, 11) is 4.19. The predicted molar refractivity (Wildman–Crippen MR) is 84.3 cm³/mol. The summed E-state index contributed by atoms with van der Waals surface area (Å²) >= 11 is 0. The van der Waals surface area contributed by atoms with Gasteiger partial charge in [0.15, 0.2) is 11.6 Å². The number of rotatable bonds is 5. The van der Waals surface area contributed by atoms with Crippen molar-refractivity contribution in [1.29, 1.82) is 0 Å². The van der Waals surface area contributed by atoms with Gasteiger partial charge in [-0.05, 0) is 13.5 Å². The zero-order valence-electron chi connectivity index (χ0n) is 12.8. The summed E-state index contributed by atoms with van der Waals surface area (Å²) in [6.07, 6.45) is 3.94. The van der Waals surface area contributed by atoms with Crippen LogP contribution in [0, 0.1) is 0 Å². The number of likely N-dealkylation sites (N-methyl/N-ethyl adjacent to an activating group) is 1. The molecular weight excluding hydrogens is 252 g/mol.